The van der Waals surface area contributed by atoms with Crippen molar-refractivity contribution in [3.05, 3.63) is 11.9 Å². The first-order valence-corrected chi connectivity index (χ1v) is 3.28. The summed E-state index contributed by atoms with van der Waals surface area (Å²) in [5, 5.41) is 16.1. The molecule has 5 heteroatoms. The van der Waals surface area contributed by atoms with Crippen molar-refractivity contribution in [1.29, 1.82) is 5.26 Å². The van der Waals surface area contributed by atoms with Gasteiger partial charge in [0.15, 0.2) is 5.69 Å². The van der Waals surface area contributed by atoms with Crippen molar-refractivity contribution in [3.8, 4) is 6.07 Å². The molecule has 0 bridgehead atoms. The van der Waals surface area contributed by atoms with Crippen molar-refractivity contribution in [2.75, 3.05) is 0 Å². The molecule has 0 aliphatic rings. The number of rotatable bonds is 2. The Balaban J connectivity index is 2.67. The summed E-state index contributed by atoms with van der Waals surface area (Å²) in [6.45, 7) is 2.40. The summed E-state index contributed by atoms with van der Waals surface area (Å²) in [6, 6.07) is 1.89. The summed E-state index contributed by atoms with van der Waals surface area (Å²) < 4.78 is 0. The van der Waals surface area contributed by atoms with Gasteiger partial charge in [-0.3, -0.25) is 0 Å². The Morgan fingerprint density at radius 1 is 1.91 bits per heavy atom. The highest BCUT2D eigenvalue weighted by Crippen LogP contribution is 1.88. The summed E-state index contributed by atoms with van der Waals surface area (Å²) >= 11 is 0. The van der Waals surface area contributed by atoms with Gasteiger partial charge in [0.05, 0.1) is 12.7 Å². The summed E-state index contributed by atoms with van der Waals surface area (Å²) in [4.78, 5) is 1.42. The molecule has 0 aromatic carbocycles. The first kappa shape index (κ1) is 7.69. The molecule has 0 fully saturated rings. The average molecular weight is 151 g/mol. The van der Waals surface area contributed by atoms with Crippen LogP contribution < -0.4 is 5.73 Å². The Morgan fingerprint density at radius 3 is 3.09 bits per heavy atom. The molecule has 0 amide bonds. The van der Waals surface area contributed by atoms with Gasteiger partial charge in [0.1, 0.15) is 6.07 Å². The molecule has 0 saturated heterocycles. The zero-order valence-electron chi connectivity index (χ0n) is 6.23. The van der Waals surface area contributed by atoms with Crippen LogP contribution in [-0.4, -0.2) is 21.0 Å². The van der Waals surface area contributed by atoms with Gasteiger partial charge >= 0.3 is 0 Å². The lowest BCUT2D eigenvalue weighted by molar-refractivity contribution is 0.482. The SMILES string of the molecule is C[C@@H](N)Cn1ncc(C#N)n1. The van der Waals surface area contributed by atoms with Gasteiger partial charge in [0.2, 0.25) is 0 Å². The van der Waals surface area contributed by atoms with Crippen LogP contribution in [-0.2, 0) is 6.54 Å². The summed E-state index contributed by atoms with van der Waals surface area (Å²) in [6.07, 6.45) is 1.42. The van der Waals surface area contributed by atoms with E-state index in [0.29, 0.717) is 12.2 Å². The van der Waals surface area contributed by atoms with E-state index in [2.05, 4.69) is 10.2 Å². The van der Waals surface area contributed by atoms with Gasteiger partial charge in [0, 0.05) is 6.04 Å². The van der Waals surface area contributed by atoms with E-state index < -0.39 is 0 Å². The minimum Gasteiger partial charge on any atom is -0.326 e. The number of aromatic nitrogens is 3. The monoisotopic (exact) mass is 151 g/mol. The molecule has 5 nitrogen and oxygen atoms in total. The second-order valence-corrected chi connectivity index (χ2v) is 2.37. The fraction of sp³-hybridized carbons (Fsp3) is 0.500. The Kier molecular flexibility index (Phi) is 2.18. The Morgan fingerprint density at radius 2 is 2.64 bits per heavy atom. The molecule has 0 aliphatic carbocycles. The van der Waals surface area contributed by atoms with E-state index in [1.54, 1.807) is 0 Å². The fourth-order valence-corrected chi connectivity index (χ4v) is 0.694. The molecule has 0 radical (unpaired) electrons. The Bertz CT molecular complexity index is 269. The molecule has 1 atom stereocenters. The van der Waals surface area contributed by atoms with Crippen LogP contribution >= 0.6 is 0 Å². The predicted molar refractivity (Wildman–Crippen MR) is 38.4 cm³/mol. The van der Waals surface area contributed by atoms with E-state index in [9.17, 15) is 0 Å². The third kappa shape index (κ3) is 2.02. The van der Waals surface area contributed by atoms with Crippen molar-refractivity contribution >= 4 is 0 Å². The van der Waals surface area contributed by atoms with Crippen molar-refractivity contribution in [3.63, 3.8) is 0 Å². The molecular weight excluding hydrogens is 142 g/mol. The van der Waals surface area contributed by atoms with Gasteiger partial charge in [-0.25, -0.2) is 0 Å². The number of hydrogen-bond donors (Lipinski definition) is 1. The van der Waals surface area contributed by atoms with Crippen LogP contribution in [0, 0.1) is 11.3 Å². The molecule has 0 spiro atoms. The lowest BCUT2D eigenvalue weighted by Crippen LogP contribution is -2.23. The van der Waals surface area contributed by atoms with Gasteiger partial charge in [-0.2, -0.15) is 15.2 Å². The normalized spacial score (nSPS) is 12.5. The lowest BCUT2D eigenvalue weighted by atomic mass is 10.4. The first-order valence-electron chi connectivity index (χ1n) is 3.28. The summed E-state index contributed by atoms with van der Waals surface area (Å²) in [7, 11) is 0. The van der Waals surface area contributed by atoms with Gasteiger partial charge < -0.3 is 5.73 Å². The van der Waals surface area contributed by atoms with Crippen molar-refractivity contribution in [2.45, 2.75) is 19.5 Å². The lowest BCUT2D eigenvalue weighted by Gasteiger charge is -2.01. The molecule has 1 aromatic rings. The molecule has 1 rings (SSSR count). The molecule has 1 aromatic heterocycles. The zero-order valence-corrected chi connectivity index (χ0v) is 6.23. The molecule has 0 saturated carbocycles. The predicted octanol–water partition coefficient (Wildman–Crippen LogP) is -0.503. The van der Waals surface area contributed by atoms with E-state index >= 15 is 0 Å². The highest BCUT2D eigenvalue weighted by molar-refractivity contribution is 5.12. The largest absolute Gasteiger partial charge is 0.326 e. The summed E-state index contributed by atoms with van der Waals surface area (Å²) in [5.74, 6) is 0. The molecule has 11 heavy (non-hydrogen) atoms. The third-order valence-electron chi connectivity index (χ3n) is 1.10. The van der Waals surface area contributed by atoms with Crippen LogP contribution in [0.25, 0.3) is 0 Å². The van der Waals surface area contributed by atoms with E-state index in [0.717, 1.165) is 0 Å². The standard InChI is InChI=1S/C6H9N5/c1-5(8)4-11-9-3-6(2-7)10-11/h3,5H,4,8H2,1H3/t5-/m1/s1. The molecule has 58 valence electrons. The maximum absolute atomic E-state index is 8.39. The first-order chi connectivity index (χ1) is 5.22. The van der Waals surface area contributed by atoms with Gasteiger partial charge in [-0.15, -0.1) is 5.10 Å². The van der Waals surface area contributed by atoms with Gasteiger partial charge in [-0.05, 0) is 6.92 Å². The van der Waals surface area contributed by atoms with Crippen molar-refractivity contribution in [1.82, 2.24) is 15.0 Å². The van der Waals surface area contributed by atoms with Crippen LogP contribution in [0.15, 0.2) is 6.20 Å². The van der Waals surface area contributed by atoms with Crippen LogP contribution in [0.2, 0.25) is 0 Å². The third-order valence-corrected chi connectivity index (χ3v) is 1.10. The van der Waals surface area contributed by atoms with Crippen LogP contribution in [0.3, 0.4) is 0 Å². The zero-order chi connectivity index (χ0) is 8.27. The van der Waals surface area contributed by atoms with Gasteiger partial charge in [-0.1, -0.05) is 0 Å². The molecular formula is C6H9N5. The molecule has 1 heterocycles. The minimum absolute atomic E-state index is 0.00828. The molecule has 0 aliphatic heterocycles. The minimum atomic E-state index is 0.00828. The number of nitriles is 1. The van der Waals surface area contributed by atoms with Crippen molar-refractivity contribution in [2.24, 2.45) is 5.73 Å². The van der Waals surface area contributed by atoms with E-state index in [4.69, 9.17) is 11.0 Å². The Labute approximate surface area is 64.4 Å². The second-order valence-electron chi connectivity index (χ2n) is 2.37. The maximum atomic E-state index is 8.39. The molecule has 0 unspecified atom stereocenters. The van der Waals surface area contributed by atoms with Gasteiger partial charge in [0.25, 0.3) is 0 Å². The van der Waals surface area contributed by atoms with E-state index in [1.165, 1.54) is 11.0 Å². The number of hydrogen-bond acceptors (Lipinski definition) is 4. The highest BCUT2D eigenvalue weighted by atomic mass is 15.5. The highest BCUT2D eigenvalue weighted by Gasteiger charge is 2.00. The van der Waals surface area contributed by atoms with Crippen LogP contribution in [0.5, 0.6) is 0 Å². The molecule has 2 N–H and O–H groups in total. The topological polar surface area (TPSA) is 80.5 Å². The fourth-order valence-electron chi connectivity index (χ4n) is 0.694. The number of nitrogens with two attached hydrogens (primary N) is 1. The maximum Gasteiger partial charge on any atom is 0.182 e. The van der Waals surface area contributed by atoms with E-state index in [1.807, 2.05) is 13.0 Å². The smallest absolute Gasteiger partial charge is 0.182 e. The Hall–Kier alpha value is -1.41. The second kappa shape index (κ2) is 3.12. The van der Waals surface area contributed by atoms with E-state index in [-0.39, 0.29) is 6.04 Å². The number of nitrogens with zero attached hydrogens (tertiary/aromatic N) is 4. The van der Waals surface area contributed by atoms with Crippen molar-refractivity contribution < 1.29 is 0 Å². The average Bonchev–Trinajstić information content (AvgIpc) is 2.34. The van der Waals surface area contributed by atoms with Crippen LogP contribution in [0.4, 0.5) is 0 Å². The van der Waals surface area contributed by atoms with Crippen LogP contribution in [0.1, 0.15) is 12.6 Å². The summed E-state index contributed by atoms with van der Waals surface area (Å²) in [5.41, 5.74) is 5.82. The quantitative estimate of drug-likeness (QED) is 0.617.